The van der Waals surface area contributed by atoms with E-state index in [9.17, 15) is 15.0 Å². The fraction of sp³-hybridized carbons (Fsp3) is 0.462. The van der Waals surface area contributed by atoms with E-state index in [2.05, 4.69) is 0 Å². The molecule has 0 bridgehead atoms. The van der Waals surface area contributed by atoms with Crippen LogP contribution in [-0.2, 0) is 0 Å². The van der Waals surface area contributed by atoms with Crippen molar-refractivity contribution in [1.82, 2.24) is 4.90 Å². The molecule has 1 aromatic carbocycles. The molecule has 106 valence electrons. The van der Waals surface area contributed by atoms with Crippen molar-refractivity contribution < 1.29 is 15.0 Å². The van der Waals surface area contributed by atoms with Crippen LogP contribution in [-0.4, -0.2) is 33.3 Å². The number of aliphatic hydroxyl groups is 1. The lowest BCUT2D eigenvalue weighted by Gasteiger charge is -2.34. The maximum absolute atomic E-state index is 11.2. The van der Waals surface area contributed by atoms with E-state index in [-0.39, 0.29) is 11.6 Å². The van der Waals surface area contributed by atoms with Crippen LogP contribution in [0.5, 0.6) is 0 Å². The van der Waals surface area contributed by atoms with E-state index in [4.69, 9.17) is 23.2 Å². The Morgan fingerprint density at radius 2 is 1.95 bits per heavy atom. The molecule has 0 aliphatic rings. The van der Waals surface area contributed by atoms with Crippen molar-refractivity contribution in [3.8, 4) is 0 Å². The summed E-state index contributed by atoms with van der Waals surface area (Å²) in [7, 11) is 0. The van der Waals surface area contributed by atoms with Gasteiger partial charge in [-0.25, -0.2) is 4.79 Å². The van der Waals surface area contributed by atoms with E-state index >= 15 is 0 Å². The van der Waals surface area contributed by atoms with Gasteiger partial charge in [0.25, 0.3) is 0 Å². The van der Waals surface area contributed by atoms with E-state index in [1.807, 2.05) is 0 Å². The van der Waals surface area contributed by atoms with Crippen LogP contribution in [0.1, 0.15) is 32.4 Å². The highest BCUT2D eigenvalue weighted by Crippen LogP contribution is 2.31. The van der Waals surface area contributed by atoms with Gasteiger partial charge in [0.05, 0.1) is 22.7 Å². The van der Waals surface area contributed by atoms with Crippen molar-refractivity contribution >= 4 is 29.3 Å². The van der Waals surface area contributed by atoms with Gasteiger partial charge in [0.2, 0.25) is 0 Å². The molecule has 0 heterocycles. The van der Waals surface area contributed by atoms with Gasteiger partial charge >= 0.3 is 6.09 Å². The van der Waals surface area contributed by atoms with Crippen LogP contribution < -0.4 is 0 Å². The van der Waals surface area contributed by atoms with Gasteiger partial charge in [-0.15, -0.1) is 0 Å². The summed E-state index contributed by atoms with van der Waals surface area (Å²) in [5.74, 6) is 0. The molecule has 1 unspecified atom stereocenters. The standard InChI is InChI=1S/C13H17Cl2NO3/c1-13(2,3)16(12(18)19)7-10(17)8-5-4-6-9(14)11(8)15/h4-6,10,17H,7H2,1-3H3,(H,18,19). The van der Waals surface area contributed by atoms with E-state index in [1.54, 1.807) is 39.0 Å². The lowest BCUT2D eigenvalue weighted by Crippen LogP contribution is -2.47. The Hall–Kier alpha value is -0.970. The lowest BCUT2D eigenvalue weighted by atomic mass is 10.0. The minimum absolute atomic E-state index is 0.0705. The summed E-state index contributed by atoms with van der Waals surface area (Å²) < 4.78 is 0. The van der Waals surface area contributed by atoms with Gasteiger partial charge < -0.3 is 15.1 Å². The summed E-state index contributed by atoms with van der Waals surface area (Å²) in [6.45, 7) is 5.20. The number of hydrogen-bond acceptors (Lipinski definition) is 2. The molecule has 4 nitrogen and oxygen atoms in total. The van der Waals surface area contributed by atoms with Gasteiger partial charge in [0, 0.05) is 11.1 Å². The highest BCUT2D eigenvalue weighted by Gasteiger charge is 2.29. The normalized spacial score (nSPS) is 13.2. The third-order valence-electron chi connectivity index (χ3n) is 2.74. The molecule has 19 heavy (non-hydrogen) atoms. The summed E-state index contributed by atoms with van der Waals surface area (Å²) in [5, 5.41) is 19.9. The van der Waals surface area contributed by atoms with Crippen LogP contribution in [0.2, 0.25) is 10.0 Å². The third-order valence-corrected chi connectivity index (χ3v) is 3.57. The first-order valence-electron chi connectivity index (χ1n) is 5.77. The smallest absolute Gasteiger partial charge is 0.407 e. The Bertz CT molecular complexity index is 471. The summed E-state index contributed by atoms with van der Waals surface area (Å²) in [5.41, 5.74) is -0.192. The number of carboxylic acid groups (broad SMARTS) is 1. The lowest BCUT2D eigenvalue weighted by molar-refractivity contribution is 0.0557. The number of nitrogens with zero attached hydrogens (tertiary/aromatic N) is 1. The van der Waals surface area contributed by atoms with E-state index in [0.29, 0.717) is 10.6 Å². The van der Waals surface area contributed by atoms with Crippen molar-refractivity contribution in [2.75, 3.05) is 6.54 Å². The number of rotatable bonds is 3. The highest BCUT2D eigenvalue weighted by atomic mass is 35.5. The third kappa shape index (κ3) is 4.00. The Morgan fingerprint density at radius 1 is 1.37 bits per heavy atom. The van der Waals surface area contributed by atoms with Crippen LogP contribution >= 0.6 is 23.2 Å². The maximum atomic E-state index is 11.2. The van der Waals surface area contributed by atoms with Crippen molar-refractivity contribution in [2.24, 2.45) is 0 Å². The molecular weight excluding hydrogens is 289 g/mol. The zero-order valence-corrected chi connectivity index (χ0v) is 12.5. The van der Waals surface area contributed by atoms with Crippen molar-refractivity contribution in [3.63, 3.8) is 0 Å². The van der Waals surface area contributed by atoms with Gasteiger partial charge in [-0.05, 0) is 26.8 Å². The number of benzene rings is 1. The van der Waals surface area contributed by atoms with E-state index in [0.717, 1.165) is 4.90 Å². The SMILES string of the molecule is CC(C)(C)N(CC(O)c1cccc(Cl)c1Cl)C(=O)O. The molecule has 1 amide bonds. The quantitative estimate of drug-likeness (QED) is 0.892. The second kappa shape index (κ2) is 5.99. The van der Waals surface area contributed by atoms with Crippen LogP contribution in [0.3, 0.4) is 0 Å². The molecule has 0 radical (unpaired) electrons. The second-order valence-corrected chi connectivity index (χ2v) is 6.01. The first-order valence-corrected chi connectivity index (χ1v) is 6.52. The largest absolute Gasteiger partial charge is 0.465 e. The summed E-state index contributed by atoms with van der Waals surface area (Å²) in [6.07, 6.45) is -2.12. The molecule has 2 N–H and O–H groups in total. The van der Waals surface area contributed by atoms with E-state index in [1.165, 1.54) is 0 Å². The maximum Gasteiger partial charge on any atom is 0.407 e. The molecule has 0 aromatic heterocycles. The van der Waals surface area contributed by atoms with Crippen molar-refractivity contribution in [2.45, 2.75) is 32.4 Å². The van der Waals surface area contributed by atoms with Crippen LogP contribution in [0.4, 0.5) is 4.79 Å². The molecule has 0 aliphatic heterocycles. The summed E-state index contributed by atoms with van der Waals surface area (Å²) in [4.78, 5) is 12.4. The molecular formula is C13H17Cl2NO3. The first-order chi connectivity index (χ1) is 8.64. The molecule has 0 spiro atoms. The zero-order chi connectivity index (χ0) is 14.8. The highest BCUT2D eigenvalue weighted by molar-refractivity contribution is 6.42. The zero-order valence-electron chi connectivity index (χ0n) is 11.0. The Morgan fingerprint density at radius 3 is 2.42 bits per heavy atom. The number of β-amino-alcohol motifs (C(OH)–C–C–N with tert-alkyl or cyclic N) is 1. The fourth-order valence-electron chi connectivity index (χ4n) is 1.69. The van der Waals surface area contributed by atoms with Crippen LogP contribution in [0.15, 0.2) is 18.2 Å². The predicted molar refractivity (Wildman–Crippen MR) is 75.9 cm³/mol. The molecule has 0 aliphatic carbocycles. The van der Waals surface area contributed by atoms with Crippen LogP contribution in [0, 0.1) is 0 Å². The first kappa shape index (κ1) is 16.1. The molecule has 0 saturated carbocycles. The molecule has 1 atom stereocenters. The van der Waals surface area contributed by atoms with Crippen molar-refractivity contribution in [3.05, 3.63) is 33.8 Å². The molecule has 0 fully saturated rings. The minimum atomic E-state index is -1.09. The summed E-state index contributed by atoms with van der Waals surface area (Å²) >= 11 is 11.9. The number of carbonyl (C=O) groups is 1. The van der Waals surface area contributed by atoms with Gasteiger partial charge in [-0.1, -0.05) is 35.3 Å². The Labute approximate surface area is 122 Å². The monoisotopic (exact) mass is 305 g/mol. The average molecular weight is 306 g/mol. The number of halogens is 2. The Balaban J connectivity index is 2.98. The van der Waals surface area contributed by atoms with Gasteiger partial charge in [0.15, 0.2) is 0 Å². The van der Waals surface area contributed by atoms with E-state index < -0.39 is 17.7 Å². The second-order valence-electron chi connectivity index (χ2n) is 5.22. The fourth-order valence-corrected chi connectivity index (χ4v) is 2.12. The Kier molecular flexibility index (Phi) is 5.07. The number of aliphatic hydroxyl groups excluding tert-OH is 1. The number of amides is 1. The molecule has 1 aromatic rings. The topological polar surface area (TPSA) is 60.8 Å². The van der Waals surface area contributed by atoms with Crippen molar-refractivity contribution in [1.29, 1.82) is 0 Å². The molecule has 6 heteroatoms. The molecule has 1 rings (SSSR count). The number of hydrogen-bond donors (Lipinski definition) is 2. The summed E-state index contributed by atoms with van der Waals surface area (Å²) in [6, 6.07) is 4.90. The molecule has 0 saturated heterocycles. The predicted octanol–water partition coefficient (Wildman–Crippen LogP) is 3.81. The van der Waals surface area contributed by atoms with Gasteiger partial charge in [0.1, 0.15) is 0 Å². The average Bonchev–Trinajstić information content (AvgIpc) is 2.27. The minimum Gasteiger partial charge on any atom is -0.465 e. The van der Waals surface area contributed by atoms with Gasteiger partial charge in [-0.2, -0.15) is 0 Å². The van der Waals surface area contributed by atoms with Crippen LogP contribution in [0.25, 0.3) is 0 Å². The van der Waals surface area contributed by atoms with Gasteiger partial charge in [-0.3, -0.25) is 0 Å².